The molecule has 0 aromatic heterocycles. The summed E-state index contributed by atoms with van der Waals surface area (Å²) in [5.74, 6) is -0.653. The molecular weight excluding hydrogens is 344 g/mol. The number of benzene rings is 2. The normalized spacial score (nSPS) is 16.2. The van der Waals surface area contributed by atoms with E-state index in [0.29, 0.717) is 25.9 Å². The summed E-state index contributed by atoms with van der Waals surface area (Å²) in [6, 6.07) is 13.7. The van der Waals surface area contributed by atoms with Gasteiger partial charge in [0.1, 0.15) is 10.6 Å². The van der Waals surface area contributed by atoms with Crippen molar-refractivity contribution in [3.63, 3.8) is 0 Å². The second-order valence-electron chi connectivity index (χ2n) is 5.90. The zero-order valence-electron chi connectivity index (χ0n) is 13.4. The Morgan fingerprint density at radius 3 is 2.44 bits per heavy atom. The van der Waals surface area contributed by atoms with Crippen molar-refractivity contribution >= 4 is 23.3 Å². The molecule has 25 heavy (non-hydrogen) atoms. The van der Waals surface area contributed by atoms with Gasteiger partial charge in [-0.25, -0.2) is 4.79 Å². The highest BCUT2D eigenvalue weighted by molar-refractivity contribution is 6.35. The van der Waals surface area contributed by atoms with Gasteiger partial charge in [0, 0.05) is 18.9 Å². The van der Waals surface area contributed by atoms with Crippen LogP contribution in [0.3, 0.4) is 0 Å². The predicted molar refractivity (Wildman–Crippen MR) is 93.7 cm³/mol. The van der Waals surface area contributed by atoms with Crippen LogP contribution in [-0.4, -0.2) is 24.0 Å². The Hall–Kier alpha value is -2.44. The summed E-state index contributed by atoms with van der Waals surface area (Å²) < 4.78 is 5.88. The second kappa shape index (κ2) is 7.21. The van der Waals surface area contributed by atoms with Gasteiger partial charge in [-0.05, 0) is 24.7 Å². The smallest absolute Gasteiger partial charge is 0.340 e. The van der Waals surface area contributed by atoms with Gasteiger partial charge < -0.3 is 10.1 Å². The number of hydrogen-bond donors (Lipinski definition) is 1. The van der Waals surface area contributed by atoms with Crippen molar-refractivity contribution in [3.8, 4) is 0 Å². The SMILES string of the molecule is O=C(OC1(c2ccccc2)CCNCC1)c1cccc([N+](=O)[O-])c1Cl. The van der Waals surface area contributed by atoms with Crippen molar-refractivity contribution in [2.45, 2.75) is 18.4 Å². The number of nitro benzene ring substituents is 1. The Kier molecular flexibility index (Phi) is 5.01. The minimum atomic E-state index is -0.766. The van der Waals surface area contributed by atoms with Gasteiger partial charge in [0.2, 0.25) is 0 Å². The summed E-state index contributed by atoms with van der Waals surface area (Å²) >= 11 is 6.05. The van der Waals surface area contributed by atoms with Gasteiger partial charge in [0.25, 0.3) is 5.69 Å². The van der Waals surface area contributed by atoms with Crippen LogP contribution < -0.4 is 5.32 Å². The molecule has 1 aliphatic rings. The van der Waals surface area contributed by atoms with E-state index in [1.165, 1.54) is 18.2 Å². The standard InChI is InChI=1S/C18H17ClN2O4/c19-16-14(7-4-8-15(16)21(23)24)17(22)25-18(9-11-20-12-10-18)13-5-2-1-3-6-13/h1-8,20H,9-12H2. The minimum absolute atomic E-state index is 0.00436. The average Bonchev–Trinajstić information content (AvgIpc) is 2.63. The van der Waals surface area contributed by atoms with Crippen LogP contribution in [0.4, 0.5) is 5.69 Å². The Bertz CT molecular complexity index is 789. The number of hydrogen-bond acceptors (Lipinski definition) is 5. The van der Waals surface area contributed by atoms with Gasteiger partial charge in [-0.2, -0.15) is 0 Å². The lowest BCUT2D eigenvalue weighted by Gasteiger charge is -2.37. The van der Waals surface area contributed by atoms with Gasteiger partial charge in [0.05, 0.1) is 10.5 Å². The summed E-state index contributed by atoms with van der Waals surface area (Å²) in [7, 11) is 0. The lowest BCUT2D eigenvalue weighted by atomic mass is 9.84. The molecule has 3 rings (SSSR count). The number of ether oxygens (including phenoxy) is 1. The van der Waals surface area contributed by atoms with Crippen molar-refractivity contribution in [1.82, 2.24) is 5.32 Å². The fraction of sp³-hybridized carbons (Fsp3) is 0.278. The molecule has 1 saturated heterocycles. The Balaban J connectivity index is 1.94. The number of nitrogens with zero attached hydrogens (tertiary/aromatic N) is 1. The summed E-state index contributed by atoms with van der Waals surface area (Å²) in [6.07, 6.45) is 1.24. The second-order valence-corrected chi connectivity index (χ2v) is 6.27. The van der Waals surface area contributed by atoms with Crippen molar-refractivity contribution in [2.24, 2.45) is 0 Å². The molecule has 0 unspecified atom stereocenters. The molecule has 1 aliphatic heterocycles. The zero-order valence-corrected chi connectivity index (χ0v) is 14.2. The van der Waals surface area contributed by atoms with E-state index < -0.39 is 16.5 Å². The highest BCUT2D eigenvalue weighted by Crippen LogP contribution is 2.37. The van der Waals surface area contributed by atoms with E-state index >= 15 is 0 Å². The van der Waals surface area contributed by atoms with Crippen molar-refractivity contribution < 1.29 is 14.5 Å². The minimum Gasteiger partial charge on any atom is -0.450 e. The Labute approximate surface area is 149 Å². The molecule has 1 fully saturated rings. The zero-order chi connectivity index (χ0) is 17.9. The van der Waals surface area contributed by atoms with E-state index in [1.54, 1.807) is 0 Å². The number of carbonyl (C=O) groups is 1. The molecule has 2 aromatic carbocycles. The molecule has 0 bridgehead atoms. The monoisotopic (exact) mass is 360 g/mol. The fourth-order valence-electron chi connectivity index (χ4n) is 3.07. The van der Waals surface area contributed by atoms with E-state index in [-0.39, 0.29) is 16.3 Å². The van der Waals surface area contributed by atoms with Crippen molar-refractivity contribution in [1.29, 1.82) is 0 Å². The molecule has 0 aliphatic carbocycles. The van der Waals surface area contributed by atoms with Crippen LogP contribution >= 0.6 is 11.6 Å². The number of rotatable bonds is 4. The van der Waals surface area contributed by atoms with Crippen LogP contribution in [0.2, 0.25) is 5.02 Å². The topological polar surface area (TPSA) is 81.5 Å². The number of carbonyl (C=O) groups excluding carboxylic acids is 1. The molecule has 1 N–H and O–H groups in total. The molecule has 0 atom stereocenters. The number of esters is 1. The van der Waals surface area contributed by atoms with E-state index in [1.807, 2.05) is 30.3 Å². The first-order chi connectivity index (χ1) is 12.0. The van der Waals surface area contributed by atoms with Crippen LogP contribution in [-0.2, 0) is 10.3 Å². The molecule has 1 heterocycles. The van der Waals surface area contributed by atoms with E-state index in [4.69, 9.17) is 16.3 Å². The molecule has 2 aromatic rings. The number of halogens is 1. The first-order valence-electron chi connectivity index (χ1n) is 7.96. The molecule has 6 nitrogen and oxygen atoms in total. The van der Waals surface area contributed by atoms with Crippen LogP contribution in [0.5, 0.6) is 0 Å². The average molecular weight is 361 g/mol. The highest BCUT2D eigenvalue weighted by Gasteiger charge is 2.38. The number of nitro groups is 1. The van der Waals surface area contributed by atoms with E-state index in [0.717, 1.165) is 5.56 Å². The van der Waals surface area contributed by atoms with Crippen LogP contribution in [0.25, 0.3) is 0 Å². The Morgan fingerprint density at radius 2 is 1.80 bits per heavy atom. The summed E-state index contributed by atoms with van der Waals surface area (Å²) in [5.41, 5.74) is -0.163. The first-order valence-corrected chi connectivity index (χ1v) is 8.34. The molecule has 0 spiro atoms. The van der Waals surface area contributed by atoms with Gasteiger partial charge >= 0.3 is 5.97 Å². The summed E-state index contributed by atoms with van der Waals surface area (Å²) in [5, 5.41) is 14.1. The van der Waals surface area contributed by atoms with Crippen molar-refractivity contribution in [2.75, 3.05) is 13.1 Å². The molecule has 130 valence electrons. The maximum Gasteiger partial charge on any atom is 0.340 e. The third-order valence-electron chi connectivity index (χ3n) is 4.39. The maximum atomic E-state index is 12.7. The third-order valence-corrected chi connectivity index (χ3v) is 4.79. The van der Waals surface area contributed by atoms with E-state index in [2.05, 4.69) is 5.32 Å². The van der Waals surface area contributed by atoms with Crippen molar-refractivity contribution in [3.05, 3.63) is 74.8 Å². The molecule has 0 saturated carbocycles. The van der Waals surface area contributed by atoms with Gasteiger partial charge in [-0.1, -0.05) is 48.0 Å². The van der Waals surface area contributed by atoms with Gasteiger partial charge in [-0.3, -0.25) is 10.1 Å². The lowest BCUT2D eigenvalue weighted by Crippen LogP contribution is -2.43. The van der Waals surface area contributed by atoms with Crippen LogP contribution in [0.1, 0.15) is 28.8 Å². The fourth-order valence-corrected chi connectivity index (χ4v) is 3.35. The predicted octanol–water partition coefficient (Wildman–Crippen LogP) is 3.68. The van der Waals surface area contributed by atoms with Gasteiger partial charge in [-0.15, -0.1) is 0 Å². The summed E-state index contributed by atoms with van der Waals surface area (Å²) in [6.45, 7) is 1.43. The number of nitrogens with one attached hydrogen (secondary N) is 1. The Morgan fingerprint density at radius 1 is 1.12 bits per heavy atom. The third kappa shape index (κ3) is 3.50. The van der Waals surface area contributed by atoms with Crippen LogP contribution in [0, 0.1) is 10.1 Å². The highest BCUT2D eigenvalue weighted by atomic mass is 35.5. The van der Waals surface area contributed by atoms with E-state index in [9.17, 15) is 14.9 Å². The molecule has 0 radical (unpaired) electrons. The largest absolute Gasteiger partial charge is 0.450 e. The maximum absolute atomic E-state index is 12.7. The lowest BCUT2D eigenvalue weighted by molar-refractivity contribution is -0.384. The first kappa shape index (κ1) is 17.4. The molecule has 7 heteroatoms. The molecule has 0 amide bonds. The van der Waals surface area contributed by atoms with Gasteiger partial charge in [0.15, 0.2) is 0 Å². The quantitative estimate of drug-likeness (QED) is 0.511. The van der Waals surface area contributed by atoms with Crippen LogP contribution in [0.15, 0.2) is 48.5 Å². The summed E-state index contributed by atoms with van der Waals surface area (Å²) in [4.78, 5) is 23.2. The molecular formula is C18H17ClN2O4. The number of piperidine rings is 1.